The Hall–Kier alpha value is -1.55. The molecule has 0 aliphatic rings. The first-order valence-electron chi connectivity index (χ1n) is 6.54. The standard InChI is InChI=1S/C14H22N4/c1-5-15-10-12-14(17(4)11(2)3)16-13-8-6-7-9-18(12)13/h6-9,11,15H,5,10H2,1-4H3. The number of hydrogen-bond donors (Lipinski definition) is 1. The van der Waals surface area contributed by atoms with Gasteiger partial charge in [0.2, 0.25) is 0 Å². The Morgan fingerprint density at radius 3 is 2.83 bits per heavy atom. The van der Waals surface area contributed by atoms with Gasteiger partial charge in [-0.2, -0.15) is 0 Å². The lowest BCUT2D eigenvalue weighted by Crippen LogP contribution is -2.28. The smallest absolute Gasteiger partial charge is 0.152 e. The van der Waals surface area contributed by atoms with Crippen molar-refractivity contribution in [2.24, 2.45) is 0 Å². The summed E-state index contributed by atoms with van der Waals surface area (Å²) in [5.74, 6) is 1.07. The summed E-state index contributed by atoms with van der Waals surface area (Å²) in [6.07, 6.45) is 2.08. The molecule has 18 heavy (non-hydrogen) atoms. The molecule has 0 amide bonds. The van der Waals surface area contributed by atoms with Gasteiger partial charge in [0.15, 0.2) is 5.82 Å². The van der Waals surface area contributed by atoms with Crippen molar-refractivity contribution >= 4 is 11.5 Å². The molecule has 4 nitrogen and oxygen atoms in total. The quantitative estimate of drug-likeness (QED) is 0.878. The molecule has 2 aromatic rings. The summed E-state index contributed by atoms with van der Waals surface area (Å²) in [7, 11) is 2.10. The first-order valence-corrected chi connectivity index (χ1v) is 6.54. The summed E-state index contributed by atoms with van der Waals surface area (Å²) in [5, 5.41) is 3.39. The number of imidazole rings is 1. The van der Waals surface area contributed by atoms with Crippen LogP contribution in [0.3, 0.4) is 0 Å². The molecule has 0 spiro atoms. The highest BCUT2D eigenvalue weighted by Crippen LogP contribution is 2.22. The maximum absolute atomic E-state index is 4.74. The molecule has 0 atom stereocenters. The predicted octanol–water partition coefficient (Wildman–Crippen LogP) is 2.29. The Balaban J connectivity index is 2.49. The van der Waals surface area contributed by atoms with E-state index in [1.165, 1.54) is 5.69 Å². The molecule has 0 unspecified atom stereocenters. The Bertz CT molecular complexity index is 515. The molecule has 0 saturated heterocycles. The zero-order valence-corrected chi connectivity index (χ0v) is 11.6. The monoisotopic (exact) mass is 246 g/mol. The molecule has 0 saturated carbocycles. The minimum absolute atomic E-state index is 0.440. The summed E-state index contributed by atoms with van der Waals surface area (Å²) in [5.41, 5.74) is 2.23. The van der Waals surface area contributed by atoms with E-state index in [9.17, 15) is 0 Å². The van der Waals surface area contributed by atoms with Gasteiger partial charge in [-0.15, -0.1) is 0 Å². The van der Waals surface area contributed by atoms with Crippen molar-refractivity contribution in [3.05, 3.63) is 30.1 Å². The van der Waals surface area contributed by atoms with Crippen LogP contribution in [0.4, 0.5) is 5.82 Å². The van der Waals surface area contributed by atoms with Gasteiger partial charge in [0.1, 0.15) is 5.65 Å². The van der Waals surface area contributed by atoms with E-state index in [1.807, 2.05) is 18.2 Å². The first kappa shape index (κ1) is 12.9. The normalized spacial score (nSPS) is 11.4. The van der Waals surface area contributed by atoms with Crippen LogP contribution < -0.4 is 10.2 Å². The minimum atomic E-state index is 0.440. The van der Waals surface area contributed by atoms with Crippen LogP contribution in [0.5, 0.6) is 0 Å². The molecule has 0 aliphatic heterocycles. The fraction of sp³-hybridized carbons (Fsp3) is 0.500. The molecule has 98 valence electrons. The van der Waals surface area contributed by atoms with Gasteiger partial charge < -0.3 is 14.6 Å². The average Bonchev–Trinajstić information content (AvgIpc) is 2.73. The van der Waals surface area contributed by atoms with Crippen molar-refractivity contribution in [2.75, 3.05) is 18.5 Å². The van der Waals surface area contributed by atoms with Crippen LogP contribution in [0.15, 0.2) is 24.4 Å². The second-order valence-electron chi connectivity index (χ2n) is 4.80. The zero-order chi connectivity index (χ0) is 13.1. The molecule has 0 aromatic carbocycles. The second-order valence-corrected chi connectivity index (χ2v) is 4.80. The highest BCUT2D eigenvalue weighted by molar-refractivity contribution is 5.56. The van der Waals surface area contributed by atoms with Crippen LogP contribution in [0.1, 0.15) is 26.5 Å². The molecule has 4 heteroatoms. The van der Waals surface area contributed by atoms with Gasteiger partial charge in [0.25, 0.3) is 0 Å². The molecule has 2 aromatic heterocycles. The number of nitrogens with zero attached hydrogens (tertiary/aromatic N) is 3. The number of hydrogen-bond acceptors (Lipinski definition) is 3. The van der Waals surface area contributed by atoms with Crippen LogP contribution >= 0.6 is 0 Å². The van der Waals surface area contributed by atoms with Gasteiger partial charge in [-0.3, -0.25) is 0 Å². The third kappa shape index (κ3) is 2.34. The van der Waals surface area contributed by atoms with Crippen molar-refractivity contribution < 1.29 is 0 Å². The number of rotatable bonds is 5. The van der Waals surface area contributed by atoms with Crippen molar-refractivity contribution in [3.63, 3.8) is 0 Å². The fourth-order valence-corrected chi connectivity index (χ4v) is 1.97. The molecule has 0 aliphatic carbocycles. The largest absolute Gasteiger partial charge is 0.356 e. The lowest BCUT2D eigenvalue weighted by molar-refractivity contribution is 0.689. The third-order valence-corrected chi connectivity index (χ3v) is 3.26. The third-order valence-electron chi connectivity index (χ3n) is 3.26. The number of fused-ring (bicyclic) bond motifs is 1. The molecule has 0 bridgehead atoms. The number of aromatic nitrogens is 2. The van der Waals surface area contributed by atoms with Crippen LogP contribution in [-0.2, 0) is 6.54 Å². The Morgan fingerprint density at radius 1 is 1.39 bits per heavy atom. The predicted molar refractivity (Wildman–Crippen MR) is 76.1 cm³/mol. The highest BCUT2D eigenvalue weighted by Gasteiger charge is 2.16. The summed E-state index contributed by atoms with van der Waals surface area (Å²) in [4.78, 5) is 6.96. The van der Waals surface area contributed by atoms with Crippen LogP contribution in [0.2, 0.25) is 0 Å². The molecule has 0 fully saturated rings. The number of pyridine rings is 1. The first-order chi connectivity index (χ1) is 8.65. The van der Waals surface area contributed by atoms with Gasteiger partial charge in [-0.1, -0.05) is 13.0 Å². The summed E-state index contributed by atoms with van der Waals surface area (Å²) < 4.78 is 2.16. The Labute approximate surface area is 109 Å². The van der Waals surface area contributed by atoms with E-state index in [4.69, 9.17) is 4.98 Å². The van der Waals surface area contributed by atoms with Crippen molar-refractivity contribution in [1.82, 2.24) is 14.7 Å². The lowest BCUT2D eigenvalue weighted by atomic mass is 10.3. The maximum atomic E-state index is 4.74. The van der Waals surface area contributed by atoms with E-state index in [0.717, 1.165) is 24.6 Å². The molecule has 2 heterocycles. The van der Waals surface area contributed by atoms with E-state index in [1.54, 1.807) is 0 Å². The van der Waals surface area contributed by atoms with Gasteiger partial charge in [0, 0.05) is 25.8 Å². The van der Waals surface area contributed by atoms with Crippen LogP contribution in [-0.4, -0.2) is 29.0 Å². The van der Waals surface area contributed by atoms with Crippen molar-refractivity contribution in [2.45, 2.75) is 33.4 Å². The Morgan fingerprint density at radius 2 is 2.17 bits per heavy atom. The molecular weight excluding hydrogens is 224 g/mol. The molecule has 2 rings (SSSR count). The highest BCUT2D eigenvalue weighted by atomic mass is 15.2. The van der Waals surface area contributed by atoms with E-state index >= 15 is 0 Å². The van der Waals surface area contributed by atoms with E-state index < -0.39 is 0 Å². The van der Waals surface area contributed by atoms with E-state index in [0.29, 0.717) is 6.04 Å². The number of nitrogens with one attached hydrogen (secondary N) is 1. The fourth-order valence-electron chi connectivity index (χ4n) is 1.97. The summed E-state index contributed by atoms with van der Waals surface area (Å²) >= 11 is 0. The molecular formula is C14H22N4. The minimum Gasteiger partial charge on any atom is -0.356 e. The summed E-state index contributed by atoms with van der Waals surface area (Å²) in [6, 6.07) is 6.56. The molecule has 1 N–H and O–H groups in total. The SMILES string of the molecule is CCNCc1c(N(C)C(C)C)nc2ccccn12. The van der Waals surface area contributed by atoms with Gasteiger partial charge >= 0.3 is 0 Å². The lowest BCUT2D eigenvalue weighted by Gasteiger charge is -2.22. The van der Waals surface area contributed by atoms with Gasteiger partial charge in [0.05, 0.1) is 5.69 Å². The van der Waals surface area contributed by atoms with Crippen LogP contribution in [0, 0.1) is 0 Å². The van der Waals surface area contributed by atoms with Crippen molar-refractivity contribution in [3.8, 4) is 0 Å². The van der Waals surface area contributed by atoms with Crippen molar-refractivity contribution in [1.29, 1.82) is 0 Å². The van der Waals surface area contributed by atoms with E-state index in [2.05, 4.69) is 48.6 Å². The molecule has 0 radical (unpaired) electrons. The Kier molecular flexibility index (Phi) is 3.87. The van der Waals surface area contributed by atoms with Gasteiger partial charge in [-0.05, 0) is 32.5 Å². The second kappa shape index (κ2) is 5.40. The zero-order valence-electron chi connectivity index (χ0n) is 11.6. The topological polar surface area (TPSA) is 32.6 Å². The van der Waals surface area contributed by atoms with Crippen LogP contribution in [0.25, 0.3) is 5.65 Å². The average molecular weight is 246 g/mol. The van der Waals surface area contributed by atoms with E-state index in [-0.39, 0.29) is 0 Å². The maximum Gasteiger partial charge on any atom is 0.152 e. The van der Waals surface area contributed by atoms with Gasteiger partial charge in [-0.25, -0.2) is 4.98 Å². The summed E-state index contributed by atoms with van der Waals surface area (Å²) in [6.45, 7) is 8.29. The number of anilines is 1.